The third kappa shape index (κ3) is 4.59. The average molecular weight is 305 g/mol. The summed E-state index contributed by atoms with van der Waals surface area (Å²) in [7, 11) is -3.61. The highest BCUT2D eigenvalue weighted by molar-refractivity contribution is 7.89. The van der Waals surface area contributed by atoms with Crippen molar-refractivity contribution in [1.29, 1.82) is 0 Å². The first-order chi connectivity index (χ1) is 8.53. The summed E-state index contributed by atoms with van der Waals surface area (Å²) in [5, 5.41) is 8.66. The van der Waals surface area contributed by atoms with Gasteiger partial charge in [-0.15, -0.1) is 11.3 Å². The molecule has 19 heavy (non-hydrogen) atoms. The Bertz CT molecular complexity index is 573. The molecule has 0 unspecified atom stereocenters. The minimum absolute atomic E-state index is 0.0723. The Morgan fingerprint density at radius 2 is 2.00 bits per heavy atom. The van der Waals surface area contributed by atoms with Crippen molar-refractivity contribution < 1.29 is 18.3 Å². The van der Waals surface area contributed by atoms with Gasteiger partial charge in [0, 0.05) is 21.7 Å². The van der Waals surface area contributed by atoms with Crippen LogP contribution in [0.25, 0.3) is 0 Å². The van der Waals surface area contributed by atoms with Gasteiger partial charge in [0.2, 0.25) is 10.0 Å². The molecule has 1 rings (SSSR count). The molecular formula is C12H19NO4S2. The van der Waals surface area contributed by atoms with E-state index in [1.807, 2.05) is 6.92 Å². The third-order valence-electron chi connectivity index (χ3n) is 2.66. The van der Waals surface area contributed by atoms with Gasteiger partial charge in [-0.25, -0.2) is 13.1 Å². The second-order valence-electron chi connectivity index (χ2n) is 5.16. The van der Waals surface area contributed by atoms with Crippen molar-refractivity contribution in [2.24, 2.45) is 0 Å². The van der Waals surface area contributed by atoms with Gasteiger partial charge in [-0.2, -0.15) is 0 Å². The van der Waals surface area contributed by atoms with Crippen LogP contribution in [0.1, 0.15) is 36.4 Å². The van der Waals surface area contributed by atoms with Crippen LogP contribution >= 0.6 is 11.3 Å². The van der Waals surface area contributed by atoms with E-state index in [0.29, 0.717) is 0 Å². The van der Waals surface area contributed by atoms with E-state index in [2.05, 4.69) is 4.72 Å². The van der Waals surface area contributed by atoms with Gasteiger partial charge in [-0.1, -0.05) is 0 Å². The molecule has 0 aliphatic heterocycles. The van der Waals surface area contributed by atoms with Crippen LogP contribution in [-0.4, -0.2) is 25.0 Å². The Labute approximate surface area is 117 Å². The molecule has 0 bridgehead atoms. The summed E-state index contributed by atoms with van der Waals surface area (Å²) >= 11 is 1.43. The molecule has 0 saturated carbocycles. The zero-order valence-corrected chi connectivity index (χ0v) is 13.1. The molecule has 0 aliphatic carbocycles. The predicted octanol–water partition coefficient (Wildman–Crippen LogP) is 2.29. The number of thiophene rings is 1. The number of nitrogens with one attached hydrogen (secondary N) is 1. The van der Waals surface area contributed by atoms with E-state index in [4.69, 9.17) is 5.11 Å². The van der Waals surface area contributed by atoms with Gasteiger partial charge < -0.3 is 5.11 Å². The lowest BCUT2D eigenvalue weighted by molar-refractivity contribution is -0.137. The first kappa shape index (κ1) is 16.1. The topological polar surface area (TPSA) is 83.5 Å². The Morgan fingerprint density at radius 3 is 2.42 bits per heavy atom. The van der Waals surface area contributed by atoms with Gasteiger partial charge in [-0.3, -0.25) is 4.79 Å². The SMILES string of the molecule is Cc1cc(S(=O)(=O)NC(C)(C)CCC(=O)O)c(C)s1. The first-order valence-electron chi connectivity index (χ1n) is 5.86. The Balaban J connectivity index is 2.90. The van der Waals surface area contributed by atoms with Gasteiger partial charge >= 0.3 is 5.97 Å². The monoisotopic (exact) mass is 305 g/mol. The fourth-order valence-corrected chi connectivity index (χ4v) is 4.76. The van der Waals surface area contributed by atoms with Crippen molar-refractivity contribution in [1.82, 2.24) is 4.72 Å². The van der Waals surface area contributed by atoms with Gasteiger partial charge in [0.1, 0.15) is 0 Å². The molecular weight excluding hydrogens is 286 g/mol. The van der Waals surface area contributed by atoms with E-state index in [-0.39, 0.29) is 17.7 Å². The van der Waals surface area contributed by atoms with E-state index < -0.39 is 21.5 Å². The summed E-state index contributed by atoms with van der Waals surface area (Å²) in [5.74, 6) is -0.935. The largest absolute Gasteiger partial charge is 0.481 e. The van der Waals surface area contributed by atoms with Gasteiger partial charge in [-0.05, 0) is 40.2 Å². The quantitative estimate of drug-likeness (QED) is 0.844. The zero-order chi connectivity index (χ0) is 14.8. The molecule has 0 fully saturated rings. The van der Waals surface area contributed by atoms with Gasteiger partial charge in [0.15, 0.2) is 0 Å². The number of aliphatic carboxylic acids is 1. The summed E-state index contributed by atoms with van der Waals surface area (Å²) in [5.41, 5.74) is -0.792. The Kier molecular flexibility index (Phi) is 4.76. The van der Waals surface area contributed by atoms with E-state index in [9.17, 15) is 13.2 Å². The van der Waals surface area contributed by atoms with Crippen molar-refractivity contribution in [3.8, 4) is 0 Å². The normalized spacial score (nSPS) is 12.6. The number of carbonyl (C=O) groups is 1. The minimum atomic E-state index is -3.61. The fraction of sp³-hybridized carbons (Fsp3) is 0.583. The van der Waals surface area contributed by atoms with E-state index in [1.165, 1.54) is 11.3 Å². The van der Waals surface area contributed by atoms with Crippen LogP contribution in [0.4, 0.5) is 0 Å². The van der Waals surface area contributed by atoms with Crippen LogP contribution in [-0.2, 0) is 14.8 Å². The molecule has 0 atom stereocenters. The van der Waals surface area contributed by atoms with Crippen LogP contribution in [0.2, 0.25) is 0 Å². The lowest BCUT2D eigenvalue weighted by Crippen LogP contribution is -2.43. The summed E-state index contributed by atoms with van der Waals surface area (Å²) in [4.78, 5) is 12.5. The van der Waals surface area contributed by atoms with Gasteiger partial charge in [0.05, 0.1) is 4.90 Å². The highest BCUT2D eigenvalue weighted by Gasteiger charge is 2.28. The molecule has 0 aromatic carbocycles. The molecule has 0 saturated heterocycles. The van der Waals surface area contributed by atoms with Gasteiger partial charge in [0.25, 0.3) is 0 Å². The molecule has 0 amide bonds. The Hall–Kier alpha value is -0.920. The second-order valence-corrected chi connectivity index (χ2v) is 8.27. The van der Waals surface area contributed by atoms with E-state index >= 15 is 0 Å². The Morgan fingerprint density at radius 1 is 1.42 bits per heavy atom. The maximum Gasteiger partial charge on any atom is 0.303 e. The molecule has 1 aromatic rings. The average Bonchev–Trinajstić information content (AvgIpc) is 2.54. The number of aryl methyl sites for hydroxylation is 2. The molecule has 1 heterocycles. The molecule has 0 aliphatic rings. The van der Waals surface area contributed by atoms with Crippen LogP contribution in [0.3, 0.4) is 0 Å². The fourth-order valence-electron chi connectivity index (χ4n) is 1.76. The van der Waals surface area contributed by atoms with Crippen LogP contribution in [0.5, 0.6) is 0 Å². The summed E-state index contributed by atoms with van der Waals surface area (Å²) in [6.45, 7) is 6.98. The molecule has 2 N–H and O–H groups in total. The number of hydrogen-bond acceptors (Lipinski definition) is 4. The number of carboxylic acid groups (broad SMARTS) is 1. The van der Waals surface area contributed by atoms with Crippen molar-refractivity contribution in [3.05, 3.63) is 15.8 Å². The number of rotatable bonds is 6. The molecule has 108 valence electrons. The number of carboxylic acids is 1. The highest BCUT2D eigenvalue weighted by atomic mass is 32.2. The molecule has 0 spiro atoms. The maximum atomic E-state index is 12.3. The van der Waals surface area contributed by atoms with E-state index in [1.54, 1.807) is 26.8 Å². The van der Waals surface area contributed by atoms with Crippen LogP contribution in [0, 0.1) is 13.8 Å². The third-order valence-corrected chi connectivity index (χ3v) is 5.58. The smallest absolute Gasteiger partial charge is 0.303 e. The summed E-state index contributed by atoms with van der Waals surface area (Å²) in [6, 6.07) is 1.63. The lowest BCUT2D eigenvalue weighted by atomic mass is 10.0. The summed E-state index contributed by atoms with van der Waals surface area (Å²) in [6.07, 6.45) is 0.168. The van der Waals surface area contributed by atoms with Crippen molar-refractivity contribution >= 4 is 27.3 Å². The molecule has 0 radical (unpaired) electrons. The zero-order valence-electron chi connectivity index (χ0n) is 11.5. The molecule has 5 nitrogen and oxygen atoms in total. The van der Waals surface area contributed by atoms with Crippen molar-refractivity contribution in [3.63, 3.8) is 0 Å². The number of hydrogen-bond donors (Lipinski definition) is 2. The first-order valence-corrected chi connectivity index (χ1v) is 8.16. The number of sulfonamides is 1. The van der Waals surface area contributed by atoms with Crippen molar-refractivity contribution in [2.75, 3.05) is 0 Å². The van der Waals surface area contributed by atoms with Crippen LogP contribution < -0.4 is 4.72 Å². The highest BCUT2D eigenvalue weighted by Crippen LogP contribution is 2.26. The minimum Gasteiger partial charge on any atom is -0.481 e. The molecule has 1 aromatic heterocycles. The van der Waals surface area contributed by atoms with Crippen LogP contribution in [0.15, 0.2) is 11.0 Å². The standard InChI is InChI=1S/C12H19NO4S2/c1-8-7-10(9(2)18-8)19(16,17)13-12(3,4)6-5-11(14)15/h7,13H,5-6H2,1-4H3,(H,14,15). The summed E-state index contributed by atoms with van der Waals surface area (Å²) < 4.78 is 27.1. The second kappa shape index (κ2) is 5.60. The predicted molar refractivity (Wildman–Crippen MR) is 75.1 cm³/mol. The lowest BCUT2D eigenvalue weighted by Gasteiger charge is -2.25. The molecule has 7 heteroatoms. The van der Waals surface area contributed by atoms with E-state index in [0.717, 1.165) is 9.75 Å². The maximum absolute atomic E-state index is 12.3. The van der Waals surface area contributed by atoms with Crippen molar-refractivity contribution in [2.45, 2.75) is 51.0 Å².